The molecule has 0 aromatic heterocycles. The van der Waals surface area contributed by atoms with Crippen LogP contribution in [0.5, 0.6) is 11.5 Å². The zero-order valence-corrected chi connectivity index (χ0v) is 11.2. The van der Waals surface area contributed by atoms with Crippen molar-refractivity contribution in [1.82, 2.24) is 0 Å². The third kappa shape index (κ3) is 1.46. The molecule has 112 valence electrons. The van der Waals surface area contributed by atoms with Crippen molar-refractivity contribution in [2.24, 2.45) is 0 Å². The van der Waals surface area contributed by atoms with Crippen LogP contribution in [-0.4, -0.2) is 21.8 Å². The number of aromatic hydroxyl groups is 2. The van der Waals surface area contributed by atoms with Crippen LogP contribution in [0.3, 0.4) is 0 Å². The van der Waals surface area contributed by atoms with E-state index in [9.17, 15) is 19.8 Å². The Hall–Kier alpha value is -3.42. The molecule has 0 saturated heterocycles. The third-order valence-corrected chi connectivity index (χ3v) is 3.63. The number of phenols is 2. The highest BCUT2D eigenvalue weighted by atomic mass is 16.3. The van der Waals surface area contributed by atoms with Gasteiger partial charge in [0.2, 0.25) is 5.78 Å². The van der Waals surface area contributed by atoms with Crippen molar-refractivity contribution < 1.29 is 19.8 Å². The van der Waals surface area contributed by atoms with E-state index in [0.717, 1.165) is 0 Å². The normalized spacial score (nSPS) is 12.9. The fourth-order valence-corrected chi connectivity index (χ4v) is 2.61. The number of fused-ring (bicyclic) bond motifs is 2. The van der Waals surface area contributed by atoms with Crippen LogP contribution in [0.2, 0.25) is 0 Å². The number of ketones is 2. The van der Waals surface area contributed by atoms with E-state index < -0.39 is 23.1 Å². The molecule has 0 amide bonds. The van der Waals surface area contributed by atoms with Crippen LogP contribution in [0.1, 0.15) is 31.8 Å². The summed E-state index contributed by atoms with van der Waals surface area (Å²) in [5.41, 5.74) is 21.1. The van der Waals surface area contributed by atoms with Crippen LogP contribution in [0.15, 0.2) is 12.1 Å². The van der Waals surface area contributed by atoms with E-state index >= 15 is 0 Å². The van der Waals surface area contributed by atoms with Crippen LogP contribution in [-0.2, 0) is 0 Å². The van der Waals surface area contributed by atoms with Crippen molar-refractivity contribution >= 4 is 34.3 Å². The molecular formula is C14H12N4O4. The highest BCUT2D eigenvalue weighted by Gasteiger charge is 2.38. The largest absolute Gasteiger partial charge is 0.505 e. The Morgan fingerprint density at radius 3 is 1.27 bits per heavy atom. The second-order valence-corrected chi connectivity index (χ2v) is 4.97. The maximum absolute atomic E-state index is 12.6. The van der Waals surface area contributed by atoms with E-state index in [4.69, 9.17) is 22.9 Å². The first kappa shape index (κ1) is 13.6. The summed E-state index contributed by atoms with van der Waals surface area (Å²) < 4.78 is 0. The van der Waals surface area contributed by atoms with E-state index in [1.165, 1.54) is 12.1 Å². The summed E-state index contributed by atoms with van der Waals surface area (Å²) in [4.78, 5) is 25.2. The molecule has 2 aromatic rings. The molecule has 10 N–H and O–H groups in total. The van der Waals surface area contributed by atoms with E-state index in [1.54, 1.807) is 0 Å². The molecule has 2 aromatic carbocycles. The summed E-state index contributed by atoms with van der Waals surface area (Å²) in [6.07, 6.45) is 0. The number of rotatable bonds is 0. The highest BCUT2D eigenvalue weighted by Crippen LogP contribution is 2.44. The van der Waals surface area contributed by atoms with Crippen molar-refractivity contribution in [2.75, 3.05) is 22.9 Å². The van der Waals surface area contributed by atoms with E-state index in [-0.39, 0.29) is 45.0 Å². The third-order valence-electron chi connectivity index (χ3n) is 3.63. The van der Waals surface area contributed by atoms with Gasteiger partial charge in [-0.15, -0.1) is 0 Å². The molecule has 1 aliphatic rings. The van der Waals surface area contributed by atoms with Gasteiger partial charge in [-0.25, -0.2) is 0 Å². The molecule has 0 saturated carbocycles. The monoisotopic (exact) mass is 300 g/mol. The Kier molecular flexibility index (Phi) is 2.49. The maximum atomic E-state index is 12.6. The topological polar surface area (TPSA) is 179 Å². The van der Waals surface area contributed by atoms with Gasteiger partial charge in [0.05, 0.1) is 33.6 Å². The van der Waals surface area contributed by atoms with Crippen LogP contribution in [0.25, 0.3) is 0 Å². The van der Waals surface area contributed by atoms with Gasteiger partial charge in [0.15, 0.2) is 17.3 Å². The molecule has 0 bridgehead atoms. The lowest BCUT2D eigenvalue weighted by Crippen LogP contribution is -2.25. The summed E-state index contributed by atoms with van der Waals surface area (Å²) in [7, 11) is 0. The highest BCUT2D eigenvalue weighted by molar-refractivity contribution is 6.34. The zero-order valence-electron chi connectivity index (χ0n) is 11.2. The Labute approximate surface area is 123 Å². The number of phenolic OH excluding ortho intramolecular Hbond substituents is 2. The van der Waals surface area contributed by atoms with Crippen molar-refractivity contribution in [3.05, 3.63) is 34.4 Å². The number of hydrogen-bond acceptors (Lipinski definition) is 8. The number of carbonyl (C=O) groups is 2. The predicted octanol–water partition coefficient (Wildman–Crippen LogP) is 0.202. The van der Waals surface area contributed by atoms with Crippen molar-refractivity contribution in [2.45, 2.75) is 0 Å². The first-order valence-electron chi connectivity index (χ1n) is 6.16. The molecule has 0 unspecified atom stereocenters. The smallest absolute Gasteiger partial charge is 0.202 e. The van der Waals surface area contributed by atoms with Gasteiger partial charge in [0, 0.05) is 11.4 Å². The van der Waals surface area contributed by atoms with Crippen LogP contribution < -0.4 is 22.9 Å². The average Bonchev–Trinajstić information content (AvgIpc) is 2.44. The molecular weight excluding hydrogens is 288 g/mol. The summed E-state index contributed by atoms with van der Waals surface area (Å²) in [5, 5.41) is 20.0. The minimum Gasteiger partial charge on any atom is -0.505 e. The first-order valence-corrected chi connectivity index (χ1v) is 6.16. The Morgan fingerprint density at radius 2 is 0.909 bits per heavy atom. The molecule has 0 spiro atoms. The molecule has 0 heterocycles. The van der Waals surface area contributed by atoms with Crippen molar-refractivity contribution in [3.63, 3.8) is 0 Å². The molecule has 3 rings (SSSR count). The van der Waals surface area contributed by atoms with E-state index in [0.29, 0.717) is 0 Å². The molecule has 8 heteroatoms. The number of benzene rings is 2. The number of nitrogen functional groups attached to an aromatic ring is 4. The van der Waals surface area contributed by atoms with Crippen LogP contribution in [0.4, 0.5) is 22.7 Å². The molecule has 0 aliphatic heterocycles. The van der Waals surface area contributed by atoms with Gasteiger partial charge in [0.25, 0.3) is 0 Å². The fraction of sp³-hybridized carbons (Fsp3) is 0. The average molecular weight is 300 g/mol. The van der Waals surface area contributed by atoms with Crippen molar-refractivity contribution in [1.29, 1.82) is 0 Å². The number of anilines is 4. The van der Waals surface area contributed by atoms with Gasteiger partial charge in [0.1, 0.15) is 0 Å². The van der Waals surface area contributed by atoms with Gasteiger partial charge in [-0.3, -0.25) is 9.59 Å². The van der Waals surface area contributed by atoms with Crippen LogP contribution >= 0.6 is 0 Å². The van der Waals surface area contributed by atoms with Gasteiger partial charge < -0.3 is 33.1 Å². The minimum atomic E-state index is -0.822. The predicted molar refractivity (Wildman–Crippen MR) is 80.7 cm³/mol. The van der Waals surface area contributed by atoms with Crippen LogP contribution in [0, 0.1) is 0 Å². The maximum Gasteiger partial charge on any atom is 0.202 e. The Morgan fingerprint density at radius 1 is 0.591 bits per heavy atom. The minimum absolute atomic E-state index is 0.0648. The van der Waals surface area contributed by atoms with Gasteiger partial charge in [-0.1, -0.05) is 0 Å². The van der Waals surface area contributed by atoms with Crippen molar-refractivity contribution in [3.8, 4) is 11.5 Å². The molecule has 0 radical (unpaired) electrons. The lowest BCUT2D eigenvalue weighted by molar-refractivity contribution is 0.0975. The summed E-state index contributed by atoms with van der Waals surface area (Å²) in [6.45, 7) is 0. The molecule has 8 nitrogen and oxygen atoms in total. The number of carbonyl (C=O) groups excluding carboxylic acids is 2. The molecule has 0 atom stereocenters. The van der Waals surface area contributed by atoms with Gasteiger partial charge >= 0.3 is 0 Å². The summed E-state index contributed by atoms with van der Waals surface area (Å²) in [6, 6.07) is 2.36. The number of hydrogen-bond donors (Lipinski definition) is 6. The second-order valence-electron chi connectivity index (χ2n) is 4.97. The fourth-order valence-electron chi connectivity index (χ4n) is 2.61. The van der Waals surface area contributed by atoms with E-state index in [1.807, 2.05) is 0 Å². The quantitative estimate of drug-likeness (QED) is 0.193. The Bertz CT molecular complexity index is 820. The zero-order chi connectivity index (χ0) is 16.3. The standard InChI is InChI=1S/C14H12N4O4/c15-3-1-5(17)11(19)9-7(3)13(21)8-4(16)2-6(18)12(20)10(8)14(9)22/h1-2,19-20H,15-18H2. The molecule has 0 fully saturated rings. The summed E-state index contributed by atoms with van der Waals surface area (Å²) >= 11 is 0. The van der Waals surface area contributed by atoms with Gasteiger partial charge in [-0.05, 0) is 12.1 Å². The SMILES string of the molecule is Nc1cc(N)c2c(c1O)C(=O)c1c(O)c(N)cc(N)c1C2=O. The number of nitrogens with two attached hydrogens (primary N) is 4. The molecule has 22 heavy (non-hydrogen) atoms. The molecule has 1 aliphatic carbocycles. The summed E-state index contributed by atoms with van der Waals surface area (Å²) in [5.74, 6) is -2.66. The second kappa shape index (κ2) is 4.04. The first-order chi connectivity index (χ1) is 10.3. The Balaban J connectivity index is 2.49. The van der Waals surface area contributed by atoms with E-state index in [2.05, 4.69) is 0 Å². The lowest BCUT2D eigenvalue weighted by Gasteiger charge is -2.23. The lowest BCUT2D eigenvalue weighted by atomic mass is 9.81. The van der Waals surface area contributed by atoms with Gasteiger partial charge in [-0.2, -0.15) is 0 Å².